The third-order valence-corrected chi connectivity index (χ3v) is 5.47. The molecule has 0 aliphatic heterocycles. The second kappa shape index (κ2) is 6.41. The van der Waals surface area contributed by atoms with Crippen LogP contribution in [-0.2, 0) is 13.1 Å². The normalized spacial score (nSPS) is 11.8. The number of hydrogen-bond donors (Lipinski definition) is 0. The van der Waals surface area contributed by atoms with Crippen molar-refractivity contribution in [2.75, 3.05) is 0 Å². The van der Waals surface area contributed by atoms with Crippen LogP contribution in [0.2, 0.25) is 5.02 Å². The highest BCUT2D eigenvalue weighted by Crippen LogP contribution is 2.19. The van der Waals surface area contributed by atoms with Gasteiger partial charge in [-0.05, 0) is 29.0 Å². The van der Waals surface area contributed by atoms with Gasteiger partial charge in [0.25, 0.3) is 5.56 Å². The molecule has 0 bridgehead atoms. The van der Waals surface area contributed by atoms with Crippen LogP contribution in [0.5, 0.6) is 0 Å². The van der Waals surface area contributed by atoms with Gasteiger partial charge in [0.05, 0.1) is 12.1 Å². The highest BCUT2D eigenvalue weighted by molar-refractivity contribution is 7.17. The van der Waals surface area contributed by atoms with Crippen LogP contribution in [0.3, 0.4) is 0 Å². The van der Waals surface area contributed by atoms with E-state index in [0.717, 1.165) is 5.56 Å². The Morgan fingerprint density at radius 2 is 1.96 bits per heavy atom. The summed E-state index contributed by atoms with van der Waals surface area (Å²) in [7, 11) is 0. The van der Waals surface area contributed by atoms with Gasteiger partial charge < -0.3 is 0 Å². The zero-order chi connectivity index (χ0) is 18.4. The molecule has 0 fully saturated rings. The third kappa shape index (κ3) is 2.68. The molecule has 0 aliphatic carbocycles. The van der Waals surface area contributed by atoms with Gasteiger partial charge in [-0.15, -0.1) is 16.4 Å². The summed E-state index contributed by atoms with van der Waals surface area (Å²) in [4.78, 5) is 25.9. The summed E-state index contributed by atoms with van der Waals surface area (Å²) in [6.07, 6.45) is 0. The van der Waals surface area contributed by atoms with Crippen LogP contribution in [0.1, 0.15) is 19.4 Å². The van der Waals surface area contributed by atoms with E-state index in [-0.39, 0.29) is 23.7 Å². The summed E-state index contributed by atoms with van der Waals surface area (Å²) < 4.78 is 5.04. The monoisotopic (exact) mass is 388 g/mol. The number of nitrogens with zero attached hydrogens (tertiary/aromatic N) is 4. The molecule has 26 heavy (non-hydrogen) atoms. The van der Waals surface area contributed by atoms with Crippen molar-refractivity contribution in [3.63, 3.8) is 0 Å². The fraction of sp³-hybridized carbons (Fsp3) is 0.278. The third-order valence-electron chi connectivity index (χ3n) is 4.21. The first-order valence-electron chi connectivity index (χ1n) is 8.30. The summed E-state index contributed by atoms with van der Waals surface area (Å²) in [6, 6.07) is 9.14. The number of fused-ring (bicyclic) bond motifs is 3. The van der Waals surface area contributed by atoms with E-state index in [1.54, 1.807) is 16.7 Å². The van der Waals surface area contributed by atoms with Crippen molar-refractivity contribution in [2.45, 2.75) is 26.9 Å². The minimum Gasteiger partial charge on any atom is -0.275 e. The van der Waals surface area contributed by atoms with Gasteiger partial charge in [0.15, 0.2) is 0 Å². The molecule has 4 aromatic rings. The molecular weight excluding hydrogens is 372 g/mol. The number of thiophene rings is 1. The molecule has 0 radical (unpaired) electrons. The lowest BCUT2D eigenvalue weighted by Gasteiger charge is -2.09. The molecule has 4 rings (SSSR count). The van der Waals surface area contributed by atoms with E-state index in [1.807, 2.05) is 37.4 Å². The standard InChI is InChI=1S/C18H17ClN4O2S/c1-11(2)9-21-16(24)15-14(7-8-26-15)23-17(21)20-22(18(23)25)10-12-5-3-4-6-13(12)19/h3-8,11H,9-10H2,1-2H3. The average Bonchev–Trinajstić information content (AvgIpc) is 3.19. The topological polar surface area (TPSA) is 61.3 Å². The van der Waals surface area contributed by atoms with Crippen LogP contribution < -0.4 is 11.2 Å². The first-order valence-corrected chi connectivity index (χ1v) is 9.56. The second-order valence-corrected chi connectivity index (χ2v) is 7.93. The van der Waals surface area contributed by atoms with Crippen LogP contribution in [0.4, 0.5) is 0 Å². The van der Waals surface area contributed by atoms with Crippen molar-refractivity contribution in [2.24, 2.45) is 5.92 Å². The zero-order valence-electron chi connectivity index (χ0n) is 14.3. The van der Waals surface area contributed by atoms with Crippen molar-refractivity contribution < 1.29 is 0 Å². The van der Waals surface area contributed by atoms with Gasteiger partial charge >= 0.3 is 5.69 Å². The lowest BCUT2D eigenvalue weighted by atomic mass is 10.2. The minimum absolute atomic E-state index is 0.105. The van der Waals surface area contributed by atoms with E-state index in [9.17, 15) is 9.59 Å². The van der Waals surface area contributed by atoms with Gasteiger partial charge in [-0.3, -0.25) is 9.36 Å². The average molecular weight is 389 g/mol. The molecule has 0 saturated heterocycles. The SMILES string of the molecule is CC(C)Cn1c(=O)c2sccc2n2c(=O)n(Cc3ccccc3Cl)nc12. The summed E-state index contributed by atoms with van der Waals surface area (Å²) >= 11 is 7.57. The van der Waals surface area contributed by atoms with E-state index in [2.05, 4.69) is 5.10 Å². The van der Waals surface area contributed by atoms with Crippen molar-refractivity contribution >= 4 is 38.9 Å². The Hall–Kier alpha value is -2.38. The molecule has 0 amide bonds. The van der Waals surface area contributed by atoms with E-state index in [0.29, 0.717) is 27.6 Å². The largest absolute Gasteiger partial charge is 0.352 e. The molecule has 134 valence electrons. The fourth-order valence-electron chi connectivity index (χ4n) is 3.05. The van der Waals surface area contributed by atoms with Gasteiger partial charge in [0.1, 0.15) is 4.70 Å². The van der Waals surface area contributed by atoms with Gasteiger partial charge in [0.2, 0.25) is 5.78 Å². The van der Waals surface area contributed by atoms with Crippen molar-refractivity contribution in [1.29, 1.82) is 0 Å². The molecule has 0 aliphatic rings. The van der Waals surface area contributed by atoms with Crippen LogP contribution in [0.15, 0.2) is 45.3 Å². The second-order valence-electron chi connectivity index (χ2n) is 6.61. The summed E-state index contributed by atoms with van der Waals surface area (Å²) in [5, 5.41) is 6.87. The van der Waals surface area contributed by atoms with Gasteiger partial charge in [-0.1, -0.05) is 43.6 Å². The predicted molar refractivity (Wildman–Crippen MR) is 104 cm³/mol. The molecular formula is C18H17ClN4O2S. The molecule has 3 heterocycles. The maximum Gasteiger partial charge on any atom is 0.352 e. The number of hydrogen-bond acceptors (Lipinski definition) is 4. The van der Waals surface area contributed by atoms with E-state index in [4.69, 9.17) is 11.6 Å². The summed E-state index contributed by atoms with van der Waals surface area (Å²) in [6.45, 7) is 4.81. The molecule has 8 heteroatoms. The highest BCUT2D eigenvalue weighted by Gasteiger charge is 2.19. The Balaban J connectivity index is 2.00. The Kier molecular flexibility index (Phi) is 4.20. The number of benzene rings is 1. The highest BCUT2D eigenvalue weighted by atomic mass is 35.5. The maximum absolute atomic E-state index is 13.0. The molecule has 0 spiro atoms. The molecule has 0 N–H and O–H groups in total. The Bertz CT molecular complexity index is 1230. The van der Waals surface area contributed by atoms with E-state index in [1.165, 1.54) is 20.4 Å². The molecule has 1 aromatic carbocycles. The smallest absolute Gasteiger partial charge is 0.275 e. The fourth-order valence-corrected chi connectivity index (χ4v) is 4.07. The maximum atomic E-state index is 13.0. The van der Waals surface area contributed by atoms with E-state index < -0.39 is 0 Å². The quantitative estimate of drug-likeness (QED) is 0.539. The molecule has 6 nitrogen and oxygen atoms in total. The first-order chi connectivity index (χ1) is 12.5. The predicted octanol–water partition coefficient (Wildman–Crippen LogP) is 3.23. The van der Waals surface area contributed by atoms with Crippen LogP contribution in [-0.4, -0.2) is 18.7 Å². The number of rotatable bonds is 4. The van der Waals surface area contributed by atoms with Crippen LogP contribution in [0, 0.1) is 5.92 Å². The first kappa shape index (κ1) is 17.1. The number of halogens is 1. The summed E-state index contributed by atoms with van der Waals surface area (Å²) in [5.41, 5.74) is 1.02. The zero-order valence-corrected chi connectivity index (χ0v) is 15.9. The molecule has 0 unspecified atom stereocenters. The Labute approximate surface area is 157 Å². The molecule has 0 atom stereocenters. The minimum atomic E-state index is -0.277. The van der Waals surface area contributed by atoms with Gasteiger partial charge in [-0.2, -0.15) is 0 Å². The van der Waals surface area contributed by atoms with Crippen molar-refractivity contribution in [3.8, 4) is 0 Å². The summed E-state index contributed by atoms with van der Waals surface area (Å²) in [5.74, 6) is 0.615. The van der Waals surface area contributed by atoms with E-state index >= 15 is 0 Å². The molecule has 0 saturated carbocycles. The number of aromatic nitrogens is 4. The van der Waals surface area contributed by atoms with Crippen LogP contribution >= 0.6 is 22.9 Å². The Morgan fingerprint density at radius 1 is 1.19 bits per heavy atom. The van der Waals surface area contributed by atoms with Crippen molar-refractivity contribution in [1.82, 2.24) is 18.7 Å². The Morgan fingerprint density at radius 3 is 2.69 bits per heavy atom. The molecule has 3 aromatic heterocycles. The van der Waals surface area contributed by atoms with Gasteiger partial charge in [-0.25, -0.2) is 13.9 Å². The van der Waals surface area contributed by atoms with Crippen molar-refractivity contribution in [3.05, 3.63) is 67.1 Å². The van der Waals surface area contributed by atoms with Crippen LogP contribution in [0.25, 0.3) is 16.0 Å². The lowest BCUT2D eigenvalue weighted by molar-refractivity contribution is 0.516. The lowest BCUT2D eigenvalue weighted by Crippen LogP contribution is -2.27. The van der Waals surface area contributed by atoms with Gasteiger partial charge in [0, 0.05) is 11.6 Å².